The molecule has 0 aromatic carbocycles. The van der Waals surface area contributed by atoms with Crippen LogP contribution in [-0.2, 0) is 0 Å². The third-order valence-electron chi connectivity index (χ3n) is 4.79. The summed E-state index contributed by atoms with van der Waals surface area (Å²) < 4.78 is 0. The van der Waals surface area contributed by atoms with Gasteiger partial charge >= 0.3 is 0 Å². The summed E-state index contributed by atoms with van der Waals surface area (Å²) in [6, 6.07) is 0. The summed E-state index contributed by atoms with van der Waals surface area (Å²) in [6.45, 7) is 4.74. The van der Waals surface area contributed by atoms with Gasteiger partial charge in [-0.25, -0.2) is 0 Å². The lowest BCUT2D eigenvalue weighted by Crippen LogP contribution is -2.57. The van der Waals surface area contributed by atoms with Gasteiger partial charge in [0.1, 0.15) is 5.54 Å². The Morgan fingerprint density at radius 2 is 1.57 bits per heavy atom. The first-order valence-electron chi connectivity index (χ1n) is 5.81. The lowest BCUT2D eigenvalue weighted by Gasteiger charge is -2.62. The molecule has 0 aromatic rings. The van der Waals surface area contributed by atoms with E-state index in [1.54, 1.807) is 0 Å². The summed E-state index contributed by atoms with van der Waals surface area (Å²) in [7, 11) is 0. The van der Waals surface area contributed by atoms with Crippen LogP contribution in [0.5, 0.6) is 0 Å². The van der Waals surface area contributed by atoms with E-state index in [4.69, 9.17) is 0 Å². The molecule has 4 fully saturated rings. The molecule has 78 valence electrons. The van der Waals surface area contributed by atoms with E-state index in [1.165, 1.54) is 19.3 Å². The monoisotopic (exact) mass is 193 g/mol. The molecular weight excluding hydrogens is 174 g/mol. The topological polar surface area (TPSA) is 29.4 Å². The van der Waals surface area contributed by atoms with Gasteiger partial charge in [-0.3, -0.25) is 0 Å². The average molecular weight is 193 g/mol. The Hall–Kier alpha value is -0.400. The quantitative estimate of drug-likeness (QED) is 0.586. The SMILES string of the molecule is CC12CC3CC(C)(C1)CC(N=O)(C3)C2. The Bertz CT molecular complexity index is 281. The Balaban J connectivity index is 2.05. The molecule has 0 N–H and O–H groups in total. The van der Waals surface area contributed by atoms with Gasteiger partial charge in [-0.15, -0.1) is 0 Å². The molecule has 2 atom stereocenters. The fourth-order valence-corrected chi connectivity index (χ4v) is 5.49. The molecule has 0 spiro atoms. The highest BCUT2D eigenvalue weighted by Crippen LogP contribution is 2.67. The normalized spacial score (nSPS) is 60.3. The Morgan fingerprint density at radius 1 is 1.00 bits per heavy atom. The summed E-state index contributed by atoms with van der Waals surface area (Å²) in [5.41, 5.74) is 0.701. The first-order chi connectivity index (χ1) is 6.47. The van der Waals surface area contributed by atoms with E-state index in [2.05, 4.69) is 19.0 Å². The van der Waals surface area contributed by atoms with Crippen LogP contribution in [0.3, 0.4) is 0 Å². The summed E-state index contributed by atoms with van der Waals surface area (Å²) >= 11 is 0. The summed E-state index contributed by atoms with van der Waals surface area (Å²) in [5.74, 6) is 0.791. The number of nitroso groups, excluding NO2 is 1. The van der Waals surface area contributed by atoms with Gasteiger partial charge in [0.15, 0.2) is 0 Å². The number of hydrogen-bond donors (Lipinski definition) is 0. The minimum Gasteiger partial charge on any atom is -0.150 e. The van der Waals surface area contributed by atoms with Crippen LogP contribution in [0, 0.1) is 21.7 Å². The van der Waals surface area contributed by atoms with Crippen molar-refractivity contribution in [1.29, 1.82) is 0 Å². The van der Waals surface area contributed by atoms with E-state index in [1.807, 2.05) is 0 Å². The molecule has 2 unspecified atom stereocenters. The fourth-order valence-electron chi connectivity index (χ4n) is 5.49. The predicted octanol–water partition coefficient (Wildman–Crippen LogP) is 3.50. The van der Waals surface area contributed by atoms with Crippen molar-refractivity contribution in [3.63, 3.8) is 0 Å². The maximum Gasteiger partial charge on any atom is 0.104 e. The molecule has 4 bridgehead atoms. The van der Waals surface area contributed by atoms with Crippen LogP contribution in [-0.4, -0.2) is 5.54 Å². The van der Waals surface area contributed by atoms with Gasteiger partial charge in [0.25, 0.3) is 0 Å². The zero-order valence-corrected chi connectivity index (χ0v) is 9.18. The minimum atomic E-state index is -0.164. The molecule has 2 heteroatoms. The maximum atomic E-state index is 11.1. The molecule has 2 nitrogen and oxygen atoms in total. The zero-order valence-electron chi connectivity index (χ0n) is 9.18. The summed E-state index contributed by atoms with van der Waals surface area (Å²) in [6.07, 6.45) is 7.24. The van der Waals surface area contributed by atoms with Crippen molar-refractivity contribution in [2.75, 3.05) is 0 Å². The van der Waals surface area contributed by atoms with Gasteiger partial charge in [0.05, 0.1) is 0 Å². The van der Waals surface area contributed by atoms with E-state index >= 15 is 0 Å². The van der Waals surface area contributed by atoms with E-state index in [0.29, 0.717) is 10.8 Å². The second-order valence-electron chi connectivity index (χ2n) is 6.95. The molecule has 0 aliphatic heterocycles. The van der Waals surface area contributed by atoms with Gasteiger partial charge in [0, 0.05) is 0 Å². The fraction of sp³-hybridized carbons (Fsp3) is 1.00. The van der Waals surface area contributed by atoms with Crippen LogP contribution >= 0.6 is 0 Å². The van der Waals surface area contributed by atoms with Gasteiger partial charge in [-0.2, -0.15) is 4.91 Å². The molecule has 4 rings (SSSR count). The lowest BCUT2D eigenvalue weighted by atomic mass is 9.43. The highest BCUT2D eigenvalue weighted by Gasteiger charge is 2.61. The van der Waals surface area contributed by atoms with Gasteiger partial charge in [0.2, 0.25) is 0 Å². The number of nitrogens with zero attached hydrogens (tertiary/aromatic N) is 1. The van der Waals surface area contributed by atoms with Crippen molar-refractivity contribution in [1.82, 2.24) is 0 Å². The van der Waals surface area contributed by atoms with E-state index in [-0.39, 0.29) is 5.54 Å². The van der Waals surface area contributed by atoms with Gasteiger partial charge in [-0.1, -0.05) is 19.0 Å². The van der Waals surface area contributed by atoms with Crippen molar-refractivity contribution in [3.8, 4) is 0 Å². The van der Waals surface area contributed by atoms with Crippen LogP contribution in [0.15, 0.2) is 5.18 Å². The van der Waals surface area contributed by atoms with Gasteiger partial charge < -0.3 is 0 Å². The molecule has 0 amide bonds. The predicted molar refractivity (Wildman–Crippen MR) is 55.9 cm³/mol. The number of hydrogen-bond acceptors (Lipinski definition) is 2. The zero-order chi connectivity index (χ0) is 10.0. The highest BCUT2D eigenvalue weighted by molar-refractivity contribution is 5.14. The van der Waals surface area contributed by atoms with Crippen molar-refractivity contribution in [3.05, 3.63) is 4.91 Å². The van der Waals surface area contributed by atoms with Crippen molar-refractivity contribution in [2.45, 2.75) is 57.9 Å². The first-order valence-corrected chi connectivity index (χ1v) is 5.81. The number of rotatable bonds is 1. The van der Waals surface area contributed by atoms with Crippen molar-refractivity contribution in [2.24, 2.45) is 21.9 Å². The maximum absolute atomic E-state index is 11.1. The Morgan fingerprint density at radius 3 is 2.00 bits per heavy atom. The molecule has 4 saturated carbocycles. The molecule has 14 heavy (non-hydrogen) atoms. The molecule has 0 radical (unpaired) electrons. The summed E-state index contributed by atoms with van der Waals surface area (Å²) in [5, 5.41) is 3.52. The Kier molecular flexibility index (Phi) is 1.41. The Labute approximate surface area is 85.4 Å². The molecule has 0 saturated heterocycles. The van der Waals surface area contributed by atoms with Crippen molar-refractivity contribution < 1.29 is 0 Å². The third kappa shape index (κ3) is 1.03. The average Bonchev–Trinajstić information content (AvgIpc) is 1.97. The van der Waals surface area contributed by atoms with E-state index in [0.717, 1.165) is 25.2 Å². The van der Waals surface area contributed by atoms with E-state index < -0.39 is 0 Å². The molecule has 4 aliphatic carbocycles. The highest BCUT2D eigenvalue weighted by atomic mass is 16.3. The first kappa shape index (κ1) is 8.87. The minimum absolute atomic E-state index is 0.164. The standard InChI is InChI=1S/C12H19NO/c1-10-3-9-4-11(2,6-10)8-12(5-9,7-10)13-14/h9H,3-8H2,1-2H3. The van der Waals surface area contributed by atoms with Crippen LogP contribution in [0.25, 0.3) is 0 Å². The van der Waals surface area contributed by atoms with E-state index in [9.17, 15) is 4.91 Å². The van der Waals surface area contributed by atoms with Crippen LogP contribution in [0.4, 0.5) is 0 Å². The molecule has 0 aromatic heterocycles. The second-order valence-corrected chi connectivity index (χ2v) is 6.95. The van der Waals surface area contributed by atoms with Crippen molar-refractivity contribution >= 4 is 0 Å². The van der Waals surface area contributed by atoms with Crippen LogP contribution in [0.2, 0.25) is 0 Å². The molecule has 4 aliphatic rings. The third-order valence-corrected chi connectivity index (χ3v) is 4.79. The van der Waals surface area contributed by atoms with Crippen LogP contribution in [0.1, 0.15) is 52.4 Å². The summed E-state index contributed by atoms with van der Waals surface area (Å²) in [4.78, 5) is 11.1. The largest absolute Gasteiger partial charge is 0.150 e. The molecular formula is C12H19NO. The molecule has 0 heterocycles. The second kappa shape index (κ2) is 2.23. The lowest BCUT2D eigenvalue weighted by molar-refractivity contribution is -0.104. The smallest absolute Gasteiger partial charge is 0.104 e. The van der Waals surface area contributed by atoms with Crippen LogP contribution < -0.4 is 0 Å². The van der Waals surface area contributed by atoms with Gasteiger partial charge in [-0.05, 0) is 55.3 Å².